The van der Waals surface area contributed by atoms with Gasteiger partial charge in [0.1, 0.15) is 0 Å². The summed E-state index contributed by atoms with van der Waals surface area (Å²) in [6.07, 6.45) is 0.577. The molecule has 7 heteroatoms. The highest BCUT2D eigenvalue weighted by atomic mass is 32.2. The summed E-state index contributed by atoms with van der Waals surface area (Å²) in [5.74, 6) is 0. The molecule has 0 saturated carbocycles. The number of hydrogen-bond acceptors (Lipinski definition) is 3. The van der Waals surface area contributed by atoms with Gasteiger partial charge in [-0.25, -0.2) is 18.4 Å². The van der Waals surface area contributed by atoms with Crippen molar-refractivity contribution in [2.75, 3.05) is 6.54 Å². The predicted molar refractivity (Wildman–Crippen MR) is 59.1 cm³/mol. The number of urea groups is 1. The van der Waals surface area contributed by atoms with Gasteiger partial charge in [-0.2, -0.15) is 0 Å². The molecule has 0 saturated heterocycles. The van der Waals surface area contributed by atoms with E-state index in [4.69, 9.17) is 10.9 Å². The second-order valence-electron chi connectivity index (χ2n) is 3.23. The van der Waals surface area contributed by atoms with Crippen molar-refractivity contribution >= 4 is 16.1 Å². The van der Waals surface area contributed by atoms with Gasteiger partial charge >= 0.3 is 6.03 Å². The average molecular weight is 243 g/mol. The standard InChI is InChI=1S/C9H13N3O3S/c10-9(13)12-6-5-7-1-3-8(4-2-7)16(11,14)15/h1-4H,5-6H2,(H3,10,12,13)(H2,11,14,15). The monoisotopic (exact) mass is 243 g/mol. The van der Waals surface area contributed by atoms with Crippen LogP contribution in [0.5, 0.6) is 0 Å². The third-order valence-corrected chi connectivity index (χ3v) is 2.89. The Kier molecular flexibility index (Phi) is 3.86. The van der Waals surface area contributed by atoms with Gasteiger partial charge in [0.25, 0.3) is 0 Å². The average Bonchev–Trinajstić information content (AvgIpc) is 2.16. The van der Waals surface area contributed by atoms with Crippen LogP contribution in [0.1, 0.15) is 5.56 Å². The van der Waals surface area contributed by atoms with Gasteiger partial charge in [0, 0.05) is 6.54 Å². The van der Waals surface area contributed by atoms with Gasteiger partial charge in [0.15, 0.2) is 0 Å². The molecule has 0 aromatic heterocycles. The molecule has 1 aromatic rings. The van der Waals surface area contributed by atoms with Crippen molar-refractivity contribution in [3.8, 4) is 0 Å². The smallest absolute Gasteiger partial charge is 0.312 e. The van der Waals surface area contributed by atoms with Crippen molar-refractivity contribution in [2.45, 2.75) is 11.3 Å². The van der Waals surface area contributed by atoms with Crippen LogP contribution in [0.4, 0.5) is 4.79 Å². The molecule has 2 amide bonds. The molecular formula is C9H13N3O3S. The molecule has 0 unspecified atom stereocenters. The van der Waals surface area contributed by atoms with E-state index >= 15 is 0 Å². The maximum Gasteiger partial charge on any atom is 0.312 e. The quantitative estimate of drug-likeness (QED) is 0.664. The van der Waals surface area contributed by atoms with E-state index in [9.17, 15) is 13.2 Å². The lowest BCUT2D eigenvalue weighted by Gasteiger charge is -2.03. The van der Waals surface area contributed by atoms with E-state index in [0.29, 0.717) is 13.0 Å². The molecule has 0 aliphatic heterocycles. The molecule has 0 bridgehead atoms. The SMILES string of the molecule is NC(=O)NCCc1ccc(S(N)(=O)=O)cc1. The fourth-order valence-corrected chi connectivity index (χ4v) is 1.69. The van der Waals surface area contributed by atoms with Crippen LogP contribution in [0.3, 0.4) is 0 Å². The van der Waals surface area contributed by atoms with Crippen LogP contribution < -0.4 is 16.2 Å². The summed E-state index contributed by atoms with van der Waals surface area (Å²) < 4.78 is 21.9. The molecule has 0 heterocycles. The van der Waals surface area contributed by atoms with Gasteiger partial charge < -0.3 is 11.1 Å². The number of nitrogens with one attached hydrogen (secondary N) is 1. The lowest BCUT2D eigenvalue weighted by Crippen LogP contribution is -2.30. The number of benzene rings is 1. The molecule has 0 radical (unpaired) electrons. The highest BCUT2D eigenvalue weighted by Gasteiger charge is 2.06. The number of primary sulfonamides is 1. The summed E-state index contributed by atoms with van der Waals surface area (Å²) in [6.45, 7) is 0.407. The van der Waals surface area contributed by atoms with E-state index < -0.39 is 16.1 Å². The second-order valence-corrected chi connectivity index (χ2v) is 4.79. The molecule has 5 N–H and O–H groups in total. The normalized spacial score (nSPS) is 11.1. The Morgan fingerprint density at radius 2 is 1.81 bits per heavy atom. The number of rotatable bonds is 4. The number of amides is 2. The van der Waals surface area contributed by atoms with E-state index in [1.165, 1.54) is 12.1 Å². The fourth-order valence-electron chi connectivity index (χ4n) is 1.18. The zero-order valence-corrected chi connectivity index (χ0v) is 9.33. The minimum atomic E-state index is -3.64. The van der Waals surface area contributed by atoms with Gasteiger partial charge in [-0.1, -0.05) is 12.1 Å². The Balaban J connectivity index is 2.62. The minimum absolute atomic E-state index is 0.0686. The van der Waals surface area contributed by atoms with E-state index in [1.807, 2.05) is 0 Å². The predicted octanol–water partition coefficient (Wildman–Crippen LogP) is -0.455. The molecule has 16 heavy (non-hydrogen) atoms. The van der Waals surface area contributed by atoms with E-state index in [2.05, 4.69) is 5.32 Å². The molecule has 0 aliphatic carbocycles. The van der Waals surface area contributed by atoms with Crippen LogP contribution in [0, 0.1) is 0 Å². The number of nitrogens with two attached hydrogens (primary N) is 2. The molecular weight excluding hydrogens is 230 g/mol. The number of hydrogen-bond donors (Lipinski definition) is 3. The van der Waals surface area contributed by atoms with Crippen LogP contribution in [0.25, 0.3) is 0 Å². The highest BCUT2D eigenvalue weighted by Crippen LogP contribution is 2.08. The minimum Gasteiger partial charge on any atom is -0.352 e. The Hall–Kier alpha value is -1.60. The van der Waals surface area contributed by atoms with Gasteiger partial charge in [-0.05, 0) is 24.1 Å². The molecule has 0 fully saturated rings. The van der Waals surface area contributed by atoms with Gasteiger partial charge in [-0.3, -0.25) is 0 Å². The number of carbonyl (C=O) groups excluding carboxylic acids is 1. The number of primary amides is 1. The molecule has 88 valence electrons. The van der Waals surface area contributed by atoms with Crippen molar-refractivity contribution in [1.29, 1.82) is 0 Å². The lowest BCUT2D eigenvalue weighted by atomic mass is 10.1. The maximum atomic E-state index is 11.0. The summed E-state index contributed by atoms with van der Waals surface area (Å²) in [5, 5.41) is 7.38. The second kappa shape index (κ2) is 4.95. The first-order valence-electron chi connectivity index (χ1n) is 4.54. The largest absolute Gasteiger partial charge is 0.352 e. The van der Waals surface area contributed by atoms with Gasteiger partial charge in [0.05, 0.1) is 4.90 Å². The molecule has 0 atom stereocenters. The zero-order chi connectivity index (χ0) is 12.2. The molecule has 0 aliphatic rings. The van der Waals surface area contributed by atoms with Crippen LogP contribution in [-0.2, 0) is 16.4 Å². The Morgan fingerprint density at radius 3 is 2.25 bits per heavy atom. The van der Waals surface area contributed by atoms with Crippen LogP contribution >= 0.6 is 0 Å². The Labute approximate surface area is 93.7 Å². The summed E-state index contributed by atoms with van der Waals surface area (Å²) in [6, 6.07) is 5.55. The van der Waals surface area contributed by atoms with Gasteiger partial charge in [0.2, 0.25) is 10.0 Å². The topological polar surface area (TPSA) is 115 Å². The first-order valence-corrected chi connectivity index (χ1v) is 6.09. The Bertz CT molecular complexity index is 467. The summed E-state index contributed by atoms with van der Waals surface area (Å²) in [5.41, 5.74) is 5.78. The van der Waals surface area contributed by atoms with Crippen molar-refractivity contribution in [2.24, 2.45) is 10.9 Å². The first-order chi connectivity index (χ1) is 7.39. The lowest BCUT2D eigenvalue weighted by molar-refractivity contribution is 0.249. The highest BCUT2D eigenvalue weighted by molar-refractivity contribution is 7.89. The maximum absolute atomic E-state index is 11.0. The molecule has 1 aromatic carbocycles. The van der Waals surface area contributed by atoms with Crippen LogP contribution in [0.15, 0.2) is 29.2 Å². The van der Waals surface area contributed by atoms with Crippen molar-refractivity contribution in [1.82, 2.24) is 5.32 Å². The Morgan fingerprint density at radius 1 is 1.25 bits per heavy atom. The van der Waals surface area contributed by atoms with Crippen LogP contribution in [0.2, 0.25) is 0 Å². The van der Waals surface area contributed by atoms with Crippen molar-refractivity contribution in [3.63, 3.8) is 0 Å². The fraction of sp³-hybridized carbons (Fsp3) is 0.222. The summed E-state index contributed by atoms with van der Waals surface area (Å²) >= 11 is 0. The van der Waals surface area contributed by atoms with E-state index in [0.717, 1.165) is 5.56 Å². The van der Waals surface area contributed by atoms with Crippen molar-refractivity contribution < 1.29 is 13.2 Å². The van der Waals surface area contributed by atoms with Crippen LogP contribution in [-0.4, -0.2) is 21.0 Å². The van der Waals surface area contributed by atoms with Crippen molar-refractivity contribution in [3.05, 3.63) is 29.8 Å². The van der Waals surface area contributed by atoms with Gasteiger partial charge in [-0.15, -0.1) is 0 Å². The number of sulfonamides is 1. The third-order valence-electron chi connectivity index (χ3n) is 1.96. The molecule has 0 spiro atoms. The first kappa shape index (κ1) is 12.5. The zero-order valence-electron chi connectivity index (χ0n) is 8.51. The summed E-state index contributed by atoms with van der Waals surface area (Å²) in [7, 11) is -3.64. The molecule has 1 rings (SSSR count). The van der Waals surface area contributed by atoms with E-state index in [-0.39, 0.29) is 4.90 Å². The number of carbonyl (C=O) groups is 1. The summed E-state index contributed by atoms with van der Waals surface area (Å²) in [4.78, 5) is 10.5. The van der Waals surface area contributed by atoms with E-state index in [1.54, 1.807) is 12.1 Å². The molecule has 6 nitrogen and oxygen atoms in total. The third kappa shape index (κ3) is 3.87.